The van der Waals surface area contributed by atoms with E-state index in [1.807, 2.05) is 31.2 Å². The first-order valence-corrected chi connectivity index (χ1v) is 7.13. The van der Waals surface area contributed by atoms with E-state index in [9.17, 15) is 5.11 Å². The zero-order valence-corrected chi connectivity index (χ0v) is 12.2. The predicted molar refractivity (Wildman–Crippen MR) is 78.2 cm³/mol. The van der Waals surface area contributed by atoms with Crippen molar-refractivity contribution in [2.45, 2.75) is 51.7 Å². The molecule has 0 aromatic heterocycles. The molecule has 0 aliphatic heterocycles. The van der Waals surface area contributed by atoms with Crippen LogP contribution in [0, 0.1) is 0 Å². The van der Waals surface area contributed by atoms with E-state index in [1.54, 1.807) is 0 Å². The second-order valence-electron chi connectivity index (χ2n) is 4.82. The lowest BCUT2D eigenvalue weighted by atomic mass is 9.93. The van der Waals surface area contributed by atoms with Crippen LogP contribution in [-0.2, 0) is 0 Å². The van der Waals surface area contributed by atoms with Crippen molar-refractivity contribution < 1.29 is 5.11 Å². The summed E-state index contributed by atoms with van der Waals surface area (Å²) >= 11 is 5.89. The van der Waals surface area contributed by atoms with Gasteiger partial charge in [-0.15, -0.1) is 0 Å². The molecule has 0 saturated carbocycles. The summed E-state index contributed by atoms with van der Waals surface area (Å²) in [5.74, 6) is 0.114. The summed E-state index contributed by atoms with van der Waals surface area (Å²) in [6.45, 7) is 7.00. The Labute approximate surface area is 115 Å². The molecule has 2 atom stereocenters. The van der Waals surface area contributed by atoms with E-state index in [0.717, 1.165) is 30.0 Å². The van der Waals surface area contributed by atoms with E-state index < -0.39 is 0 Å². The predicted octanol–water partition coefficient (Wildman–Crippen LogP) is 3.58. The van der Waals surface area contributed by atoms with E-state index >= 15 is 0 Å². The van der Waals surface area contributed by atoms with Crippen LogP contribution in [0.2, 0.25) is 5.02 Å². The van der Waals surface area contributed by atoms with Gasteiger partial charge in [0.15, 0.2) is 0 Å². The number of aliphatic hydroxyl groups is 1. The Bertz CT molecular complexity index is 333. The zero-order chi connectivity index (χ0) is 13.5. The maximum Gasteiger partial charge on any atom is 0.0592 e. The van der Waals surface area contributed by atoms with Gasteiger partial charge in [-0.05, 0) is 37.5 Å². The fourth-order valence-corrected chi connectivity index (χ4v) is 2.27. The van der Waals surface area contributed by atoms with E-state index in [4.69, 9.17) is 11.6 Å². The minimum absolute atomic E-state index is 0.114. The van der Waals surface area contributed by atoms with Crippen LogP contribution in [0.15, 0.2) is 24.3 Å². The summed E-state index contributed by atoms with van der Waals surface area (Å²) in [5, 5.41) is 14.2. The third-order valence-electron chi connectivity index (χ3n) is 3.49. The summed E-state index contributed by atoms with van der Waals surface area (Å²) < 4.78 is 0. The first kappa shape index (κ1) is 15.5. The van der Waals surface area contributed by atoms with Gasteiger partial charge < -0.3 is 10.4 Å². The van der Waals surface area contributed by atoms with Gasteiger partial charge in [0, 0.05) is 23.5 Å². The molecule has 0 fully saturated rings. The fourth-order valence-electron chi connectivity index (χ4n) is 2.15. The van der Waals surface area contributed by atoms with Crippen LogP contribution < -0.4 is 5.32 Å². The van der Waals surface area contributed by atoms with Crippen LogP contribution in [-0.4, -0.2) is 23.8 Å². The van der Waals surface area contributed by atoms with Crippen molar-refractivity contribution in [3.8, 4) is 0 Å². The third kappa shape index (κ3) is 4.60. The fraction of sp³-hybridized carbons (Fsp3) is 0.600. The lowest BCUT2D eigenvalue weighted by Gasteiger charge is -2.24. The average Bonchev–Trinajstić information content (AvgIpc) is 2.36. The Balaban J connectivity index is 2.68. The molecule has 1 aromatic rings. The molecule has 0 aliphatic carbocycles. The lowest BCUT2D eigenvalue weighted by Crippen LogP contribution is -2.35. The van der Waals surface area contributed by atoms with E-state index in [1.165, 1.54) is 0 Å². The summed E-state index contributed by atoms with van der Waals surface area (Å²) in [4.78, 5) is 0. The molecule has 2 unspecified atom stereocenters. The highest BCUT2D eigenvalue weighted by molar-refractivity contribution is 6.30. The van der Waals surface area contributed by atoms with Crippen LogP contribution in [0.5, 0.6) is 0 Å². The average molecular weight is 270 g/mol. The molecule has 0 spiro atoms. The number of hydrogen-bond acceptors (Lipinski definition) is 2. The lowest BCUT2D eigenvalue weighted by molar-refractivity contribution is 0.158. The van der Waals surface area contributed by atoms with Gasteiger partial charge in [-0.1, -0.05) is 37.6 Å². The molecule has 0 bridgehead atoms. The standard InChI is InChI=1S/C15H24ClNO/c1-4-14(5-2)17-10-15(11(3)18)12-6-8-13(16)9-7-12/h6-9,11,14-15,17-18H,4-5,10H2,1-3H3. The molecule has 102 valence electrons. The monoisotopic (exact) mass is 269 g/mol. The topological polar surface area (TPSA) is 32.3 Å². The Kier molecular flexibility index (Phi) is 6.69. The number of benzene rings is 1. The van der Waals surface area contributed by atoms with Gasteiger partial charge >= 0.3 is 0 Å². The maximum atomic E-state index is 9.92. The van der Waals surface area contributed by atoms with Crippen molar-refractivity contribution in [2.24, 2.45) is 0 Å². The second-order valence-corrected chi connectivity index (χ2v) is 5.26. The molecule has 1 rings (SSSR count). The molecule has 0 aliphatic rings. The number of aliphatic hydroxyl groups excluding tert-OH is 1. The Morgan fingerprint density at radius 3 is 2.17 bits per heavy atom. The second kappa shape index (κ2) is 7.78. The Hall–Kier alpha value is -0.570. The number of halogens is 1. The highest BCUT2D eigenvalue weighted by Gasteiger charge is 2.18. The van der Waals surface area contributed by atoms with Crippen LogP contribution in [0.1, 0.15) is 45.1 Å². The van der Waals surface area contributed by atoms with Crippen molar-refractivity contribution in [3.63, 3.8) is 0 Å². The number of hydrogen-bond donors (Lipinski definition) is 2. The summed E-state index contributed by atoms with van der Waals surface area (Å²) in [6, 6.07) is 8.27. The Morgan fingerprint density at radius 2 is 1.72 bits per heavy atom. The van der Waals surface area contributed by atoms with Crippen LogP contribution in [0.3, 0.4) is 0 Å². The van der Waals surface area contributed by atoms with Gasteiger partial charge in [0.25, 0.3) is 0 Å². The molecular formula is C15H24ClNO. The van der Waals surface area contributed by atoms with Crippen molar-refractivity contribution in [1.29, 1.82) is 0 Å². The zero-order valence-electron chi connectivity index (χ0n) is 11.5. The van der Waals surface area contributed by atoms with Gasteiger partial charge in [-0.25, -0.2) is 0 Å². The molecular weight excluding hydrogens is 246 g/mol. The van der Waals surface area contributed by atoms with Gasteiger partial charge in [0.2, 0.25) is 0 Å². The molecule has 2 nitrogen and oxygen atoms in total. The molecule has 0 amide bonds. The molecule has 2 N–H and O–H groups in total. The van der Waals surface area contributed by atoms with Crippen LogP contribution >= 0.6 is 11.6 Å². The molecule has 3 heteroatoms. The smallest absolute Gasteiger partial charge is 0.0592 e. The van der Waals surface area contributed by atoms with Crippen LogP contribution in [0.25, 0.3) is 0 Å². The van der Waals surface area contributed by atoms with E-state index in [2.05, 4.69) is 19.2 Å². The van der Waals surface area contributed by atoms with Crippen molar-refractivity contribution in [1.82, 2.24) is 5.32 Å². The molecule has 0 saturated heterocycles. The summed E-state index contributed by atoms with van der Waals surface area (Å²) in [5.41, 5.74) is 1.13. The SMILES string of the molecule is CCC(CC)NCC(c1ccc(Cl)cc1)C(C)O. The Morgan fingerprint density at radius 1 is 1.17 bits per heavy atom. The summed E-state index contributed by atoms with van der Waals surface area (Å²) in [6.07, 6.45) is 1.86. The molecule has 18 heavy (non-hydrogen) atoms. The largest absolute Gasteiger partial charge is 0.393 e. The quantitative estimate of drug-likeness (QED) is 0.793. The minimum atomic E-state index is -0.368. The van der Waals surface area contributed by atoms with Gasteiger partial charge in [0.05, 0.1) is 6.10 Å². The van der Waals surface area contributed by atoms with E-state index in [0.29, 0.717) is 6.04 Å². The molecule has 0 radical (unpaired) electrons. The number of rotatable bonds is 7. The van der Waals surface area contributed by atoms with Gasteiger partial charge in [0.1, 0.15) is 0 Å². The van der Waals surface area contributed by atoms with E-state index in [-0.39, 0.29) is 12.0 Å². The highest BCUT2D eigenvalue weighted by Crippen LogP contribution is 2.21. The molecule has 1 aromatic carbocycles. The normalized spacial score (nSPS) is 14.8. The highest BCUT2D eigenvalue weighted by atomic mass is 35.5. The third-order valence-corrected chi connectivity index (χ3v) is 3.74. The first-order valence-electron chi connectivity index (χ1n) is 6.75. The maximum absolute atomic E-state index is 9.92. The minimum Gasteiger partial charge on any atom is -0.393 e. The van der Waals surface area contributed by atoms with Crippen molar-refractivity contribution >= 4 is 11.6 Å². The molecule has 0 heterocycles. The number of nitrogens with one attached hydrogen (secondary N) is 1. The summed E-state index contributed by atoms with van der Waals surface area (Å²) in [7, 11) is 0. The first-order chi connectivity index (χ1) is 8.58. The van der Waals surface area contributed by atoms with Crippen molar-refractivity contribution in [2.75, 3.05) is 6.54 Å². The van der Waals surface area contributed by atoms with Gasteiger partial charge in [-0.2, -0.15) is 0 Å². The van der Waals surface area contributed by atoms with Gasteiger partial charge in [-0.3, -0.25) is 0 Å². The van der Waals surface area contributed by atoms with Crippen molar-refractivity contribution in [3.05, 3.63) is 34.9 Å². The van der Waals surface area contributed by atoms with Crippen LogP contribution in [0.4, 0.5) is 0 Å².